The Hall–Kier alpha value is -5.02. The van der Waals surface area contributed by atoms with Crippen LogP contribution in [0.25, 0.3) is 22.5 Å². The first-order chi connectivity index (χ1) is 18.2. The fourth-order valence-corrected chi connectivity index (χ4v) is 3.63. The van der Waals surface area contributed by atoms with E-state index in [2.05, 4.69) is 25.7 Å². The number of rotatable bonds is 8. The van der Waals surface area contributed by atoms with E-state index >= 15 is 0 Å². The fourth-order valence-electron chi connectivity index (χ4n) is 3.63. The second kappa shape index (κ2) is 11.1. The van der Waals surface area contributed by atoms with Crippen molar-refractivity contribution in [2.75, 3.05) is 5.32 Å². The molecule has 5 N–H and O–H groups in total. The lowest BCUT2D eigenvalue weighted by molar-refractivity contribution is 0.307. The number of nitrogens with zero attached hydrogens (tertiary/aromatic N) is 4. The summed E-state index contributed by atoms with van der Waals surface area (Å²) in [5.41, 5.74) is 16.8. The molecule has 0 spiro atoms. The summed E-state index contributed by atoms with van der Waals surface area (Å²) < 4.78 is 11.2. The fraction of sp³-hybridized carbons (Fsp3) is 0.0714. The van der Waals surface area contributed by atoms with E-state index < -0.39 is 0 Å². The highest BCUT2D eigenvalue weighted by Gasteiger charge is 2.08. The minimum absolute atomic E-state index is 0.197. The summed E-state index contributed by atoms with van der Waals surface area (Å²) in [6, 6.07) is 30.6. The lowest BCUT2D eigenvalue weighted by Crippen LogP contribution is -2.23. The van der Waals surface area contributed by atoms with Crippen molar-refractivity contribution in [1.29, 1.82) is 0 Å². The van der Waals surface area contributed by atoms with E-state index in [-0.39, 0.29) is 5.96 Å². The smallest absolute Gasteiger partial charge is 0.199 e. The number of aromatic nitrogens is 3. The number of hydrogen-bond donors (Lipinski definition) is 3. The molecule has 3 aromatic carbocycles. The Kier molecular flexibility index (Phi) is 7.14. The lowest BCUT2D eigenvalue weighted by atomic mass is 10.1. The highest BCUT2D eigenvalue weighted by atomic mass is 16.5. The molecule has 184 valence electrons. The molecule has 5 rings (SSSR count). The number of guanidine groups is 1. The van der Waals surface area contributed by atoms with Crippen LogP contribution < -0.4 is 21.5 Å². The Balaban J connectivity index is 1.22. The van der Waals surface area contributed by atoms with E-state index in [1.165, 1.54) is 0 Å². The zero-order valence-electron chi connectivity index (χ0n) is 19.9. The predicted molar refractivity (Wildman–Crippen MR) is 143 cm³/mol. The van der Waals surface area contributed by atoms with Gasteiger partial charge >= 0.3 is 0 Å². The number of aliphatic imine (C=N–C) groups is 1. The van der Waals surface area contributed by atoms with Gasteiger partial charge < -0.3 is 26.0 Å². The Morgan fingerprint density at radius 3 is 2.32 bits per heavy atom. The zero-order chi connectivity index (χ0) is 25.5. The summed E-state index contributed by atoms with van der Waals surface area (Å²) in [4.78, 5) is 4.34. The van der Waals surface area contributed by atoms with Crippen LogP contribution in [0.2, 0.25) is 0 Å². The van der Waals surface area contributed by atoms with Crippen molar-refractivity contribution in [2.45, 2.75) is 13.2 Å². The number of para-hydroxylation sites is 1. The monoisotopic (exact) mass is 491 g/mol. The second-order valence-corrected chi connectivity index (χ2v) is 8.12. The maximum absolute atomic E-state index is 6.16. The highest BCUT2D eigenvalue weighted by Crippen LogP contribution is 2.24. The molecule has 2 aromatic heterocycles. The quantitative estimate of drug-likeness (QED) is 0.206. The standard InChI is InChI=1S/C28H25N7O2/c29-17-23-16-26(35-37-23)20-10-12-22(13-11-20)36-18-21-8-4-5-9-24(21)31-28(30)32-27-15-14-25(33-34-27)19-6-2-1-3-7-19/h1-16H,17-18,29H2,(H3,30,31,32,34). The van der Waals surface area contributed by atoms with Crippen molar-refractivity contribution < 1.29 is 9.26 Å². The van der Waals surface area contributed by atoms with Crippen LogP contribution >= 0.6 is 0 Å². The molecule has 0 unspecified atom stereocenters. The maximum atomic E-state index is 6.16. The van der Waals surface area contributed by atoms with Crippen molar-refractivity contribution >= 4 is 17.5 Å². The number of nitrogens with two attached hydrogens (primary N) is 2. The normalized spacial score (nSPS) is 11.3. The third kappa shape index (κ3) is 5.98. The Morgan fingerprint density at radius 1 is 0.838 bits per heavy atom. The molecule has 0 aliphatic carbocycles. The van der Waals surface area contributed by atoms with Gasteiger partial charge in [-0.05, 0) is 42.5 Å². The number of hydrogen-bond acceptors (Lipinski definition) is 7. The van der Waals surface area contributed by atoms with Crippen LogP contribution in [0.15, 0.2) is 107 Å². The Labute approximate surface area is 213 Å². The predicted octanol–water partition coefficient (Wildman–Crippen LogP) is 4.89. The molecule has 0 amide bonds. The van der Waals surface area contributed by atoms with Gasteiger partial charge in [-0.1, -0.05) is 53.7 Å². The van der Waals surface area contributed by atoms with Crippen molar-refractivity contribution in [3.8, 4) is 28.3 Å². The molecule has 0 aliphatic rings. The van der Waals surface area contributed by atoms with Gasteiger partial charge in [0.15, 0.2) is 17.5 Å². The second-order valence-electron chi connectivity index (χ2n) is 8.12. The summed E-state index contributed by atoms with van der Waals surface area (Å²) in [6.45, 7) is 0.646. The Morgan fingerprint density at radius 2 is 1.59 bits per heavy atom. The van der Waals surface area contributed by atoms with Gasteiger partial charge in [-0.3, -0.25) is 0 Å². The van der Waals surface area contributed by atoms with E-state index in [4.69, 9.17) is 20.7 Å². The van der Waals surface area contributed by atoms with Gasteiger partial charge in [0.1, 0.15) is 18.1 Å². The molecule has 0 bridgehead atoms. The molecule has 0 radical (unpaired) electrons. The highest BCUT2D eigenvalue weighted by molar-refractivity contribution is 5.94. The van der Waals surface area contributed by atoms with E-state index in [1.54, 1.807) is 6.07 Å². The summed E-state index contributed by atoms with van der Waals surface area (Å²) in [7, 11) is 0. The van der Waals surface area contributed by atoms with Crippen LogP contribution in [0, 0.1) is 0 Å². The van der Waals surface area contributed by atoms with Gasteiger partial charge in [0, 0.05) is 28.4 Å². The average molecular weight is 492 g/mol. The third-order valence-corrected chi connectivity index (χ3v) is 5.54. The first-order valence-corrected chi connectivity index (χ1v) is 11.6. The van der Waals surface area contributed by atoms with Crippen LogP contribution in [0.1, 0.15) is 11.3 Å². The molecule has 0 fully saturated rings. The average Bonchev–Trinajstić information content (AvgIpc) is 3.43. The van der Waals surface area contributed by atoms with Gasteiger partial charge in [0.05, 0.1) is 12.2 Å². The summed E-state index contributed by atoms with van der Waals surface area (Å²) in [6.07, 6.45) is 0. The van der Waals surface area contributed by atoms with Crippen molar-refractivity contribution in [3.05, 3.63) is 108 Å². The van der Waals surface area contributed by atoms with E-state index in [0.29, 0.717) is 24.7 Å². The molecule has 37 heavy (non-hydrogen) atoms. The number of nitrogens with one attached hydrogen (secondary N) is 1. The van der Waals surface area contributed by atoms with Crippen molar-refractivity contribution in [1.82, 2.24) is 15.4 Å². The SMILES string of the molecule is NCc1cc(-c2ccc(OCc3ccccc3NC(N)=Nc3ccc(-c4ccccc4)nn3)cc2)no1. The minimum Gasteiger partial charge on any atom is -0.489 e. The summed E-state index contributed by atoms with van der Waals surface area (Å²) in [5.74, 6) is 1.96. The van der Waals surface area contributed by atoms with Crippen LogP contribution in [0.4, 0.5) is 11.5 Å². The van der Waals surface area contributed by atoms with Gasteiger partial charge in [0.2, 0.25) is 0 Å². The molecule has 0 atom stereocenters. The summed E-state index contributed by atoms with van der Waals surface area (Å²) in [5, 5.41) is 15.6. The molecular formula is C28H25N7O2. The van der Waals surface area contributed by atoms with E-state index in [1.807, 2.05) is 91.0 Å². The zero-order valence-corrected chi connectivity index (χ0v) is 19.9. The van der Waals surface area contributed by atoms with E-state index in [0.717, 1.165) is 39.5 Å². The van der Waals surface area contributed by atoms with Gasteiger partial charge in [-0.15, -0.1) is 10.2 Å². The minimum atomic E-state index is 0.197. The Bertz CT molecular complexity index is 1480. The molecule has 9 nitrogen and oxygen atoms in total. The first-order valence-electron chi connectivity index (χ1n) is 11.6. The van der Waals surface area contributed by atoms with Gasteiger partial charge in [-0.2, -0.15) is 4.99 Å². The number of benzene rings is 3. The summed E-state index contributed by atoms with van der Waals surface area (Å²) >= 11 is 0. The molecule has 5 aromatic rings. The van der Waals surface area contributed by atoms with Crippen LogP contribution in [-0.4, -0.2) is 21.3 Å². The van der Waals surface area contributed by atoms with Crippen LogP contribution in [0.5, 0.6) is 5.75 Å². The molecule has 9 heteroatoms. The van der Waals surface area contributed by atoms with E-state index in [9.17, 15) is 0 Å². The largest absolute Gasteiger partial charge is 0.489 e. The van der Waals surface area contributed by atoms with Gasteiger partial charge in [0.25, 0.3) is 0 Å². The van der Waals surface area contributed by atoms with Crippen molar-refractivity contribution in [2.24, 2.45) is 16.5 Å². The third-order valence-electron chi connectivity index (χ3n) is 5.54. The number of ether oxygens (including phenoxy) is 1. The lowest BCUT2D eigenvalue weighted by Gasteiger charge is -2.13. The maximum Gasteiger partial charge on any atom is 0.199 e. The van der Waals surface area contributed by atoms with Gasteiger partial charge in [-0.25, -0.2) is 0 Å². The number of anilines is 1. The van der Waals surface area contributed by atoms with Crippen molar-refractivity contribution in [3.63, 3.8) is 0 Å². The molecule has 0 saturated heterocycles. The molecular weight excluding hydrogens is 466 g/mol. The molecule has 0 saturated carbocycles. The molecule has 0 aliphatic heterocycles. The molecule has 2 heterocycles. The van der Waals surface area contributed by atoms with Crippen LogP contribution in [0.3, 0.4) is 0 Å². The topological polar surface area (TPSA) is 137 Å². The first kappa shape index (κ1) is 23.7. The van der Waals surface area contributed by atoms with Crippen LogP contribution in [-0.2, 0) is 13.2 Å².